The van der Waals surface area contributed by atoms with E-state index in [1.807, 2.05) is 0 Å². The Bertz CT molecular complexity index is 695. The van der Waals surface area contributed by atoms with E-state index >= 15 is 0 Å². The maximum atomic E-state index is 12.5. The first-order valence-corrected chi connectivity index (χ1v) is 6.15. The maximum absolute atomic E-state index is 12.5. The molecule has 0 unspecified atom stereocenters. The molecule has 114 valence electrons. The van der Waals surface area contributed by atoms with Crippen LogP contribution in [0, 0.1) is 0 Å². The Morgan fingerprint density at radius 3 is 2.23 bits per heavy atom. The normalized spacial score (nSPS) is 9.95. The summed E-state index contributed by atoms with van der Waals surface area (Å²) in [5.74, 6) is -1.19. The van der Waals surface area contributed by atoms with Gasteiger partial charge in [-0.3, -0.25) is 9.78 Å². The van der Waals surface area contributed by atoms with Crippen LogP contribution in [0.4, 0.5) is 0 Å². The zero-order chi connectivity index (χ0) is 16.1. The predicted octanol–water partition coefficient (Wildman–Crippen LogP) is 0.906. The van der Waals surface area contributed by atoms with E-state index in [0.717, 1.165) is 0 Å². The Balaban J connectivity index is 2.51. The van der Waals surface area contributed by atoms with Crippen LogP contribution in [0.1, 0.15) is 26.7 Å². The zero-order valence-corrected chi connectivity index (χ0v) is 12.2. The first-order valence-electron chi connectivity index (χ1n) is 6.15. The fourth-order valence-electron chi connectivity index (χ4n) is 1.68. The lowest BCUT2D eigenvalue weighted by Gasteiger charge is -2.07. The minimum atomic E-state index is -0.675. The van der Waals surface area contributed by atoms with Gasteiger partial charge in [0.05, 0.1) is 33.0 Å². The molecular formula is C14H13N3O5. The molecule has 0 saturated heterocycles. The van der Waals surface area contributed by atoms with Crippen LogP contribution in [-0.2, 0) is 4.74 Å². The minimum absolute atomic E-state index is 0.0281. The van der Waals surface area contributed by atoms with Crippen molar-refractivity contribution in [3.05, 3.63) is 41.5 Å². The molecule has 0 fully saturated rings. The number of methoxy groups -OCH3 is 3. The third-order valence-electron chi connectivity index (χ3n) is 2.73. The lowest BCUT2D eigenvalue weighted by molar-refractivity contribution is 0.0596. The van der Waals surface area contributed by atoms with E-state index in [0.29, 0.717) is 0 Å². The Kier molecular flexibility index (Phi) is 4.62. The second-order valence-electron chi connectivity index (χ2n) is 4.00. The van der Waals surface area contributed by atoms with Crippen LogP contribution in [0.2, 0.25) is 0 Å². The fourth-order valence-corrected chi connectivity index (χ4v) is 1.68. The van der Waals surface area contributed by atoms with Gasteiger partial charge in [-0.2, -0.15) is 9.97 Å². The van der Waals surface area contributed by atoms with Gasteiger partial charge >= 0.3 is 5.97 Å². The maximum Gasteiger partial charge on any atom is 0.340 e. The molecule has 2 rings (SSSR count). The Morgan fingerprint density at radius 1 is 1.05 bits per heavy atom. The summed E-state index contributed by atoms with van der Waals surface area (Å²) < 4.78 is 14.6. The average molecular weight is 303 g/mol. The minimum Gasteiger partial charge on any atom is -0.481 e. The van der Waals surface area contributed by atoms with Gasteiger partial charge in [-0.05, 0) is 12.1 Å². The zero-order valence-electron chi connectivity index (χ0n) is 12.2. The first kappa shape index (κ1) is 15.4. The summed E-state index contributed by atoms with van der Waals surface area (Å²) >= 11 is 0. The second kappa shape index (κ2) is 6.61. The van der Waals surface area contributed by atoms with Crippen LogP contribution < -0.4 is 9.47 Å². The van der Waals surface area contributed by atoms with Crippen molar-refractivity contribution in [3.63, 3.8) is 0 Å². The monoisotopic (exact) mass is 303 g/mol. The number of hydrogen-bond acceptors (Lipinski definition) is 8. The number of pyridine rings is 1. The quantitative estimate of drug-likeness (QED) is 0.593. The molecule has 8 nitrogen and oxygen atoms in total. The summed E-state index contributed by atoms with van der Waals surface area (Å²) in [6, 6.07) is 4.38. The van der Waals surface area contributed by atoms with Crippen LogP contribution in [0.3, 0.4) is 0 Å². The third kappa shape index (κ3) is 3.00. The first-order chi connectivity index (χ1) is 10.6. The van der Waals surface area contributed by atoms with Gasteiger partial charge in [-0.15, -0.1) is 0 Å². The number of carbonyl (C=O) groups excluding carboxylic acids is 2. The van der Waals surface area contributed by atoms with Crippen molar-refractivity contribution in [1.29, 1.82) is 0 Å². The summed E-state index contributed by atoms with van der Waals surface area (Å²) in [5, 5.41) is 0. The number of hydrogen-bond donors (Lipinski definition) is 0. The molecule has 0 spiro atoms. The van der Waals surface area contributed by atoms with Gasteiger partial charge in [-0.1, -0.05) is 0 Å². The molecule has 0 atom stereocenters. The molecular weight excluding hydrogens is 290 g/mol. The largest absolute Gasteiger partial charge is 0.481 e. The van der Waals surface area contributed by atoms with Gasteiger partial charge in [0.15, 0.2) is 0 Å². The summed E-state index contributed by atoms with van der Waals surface area (Å²) in [6.07, 6.45) is 1.39. The Morgan fingerprint density at radius 2 is 1.68 bits per heavy atom. The fraction of sp³-hybridized carbons (Fsp3) is 0.214. The number of nitrogens with zero attached hydrogens (tertiary/aromatic N) is 3. The van der Waals surface area contributed by atoms with E-state index in [1.165, 1.54) is 45.7 Å². The number of ether oxygens (including phenoxy) is 3. The highest BCUT2D eigenvalue weighted by Crippen LogP contribution is 2.18. The van der Waals surface area contributed by atoms with E-state index in [4.69, 9.17) is 9.47 Å². The Labute approximate surface area is 126 Å². The van der Waals surface area contributed by atoms with Gasteiger partial charge in [0.25, 0.3) is 0 Å². The Hall–Kier alpha value is -3.03. The van der Waals surface area contributed by atoms with Crippen LogP contribution in [-0.4, -0.2) is 48.0 Å². The van der Waals surface area contributed by atoms with Gasteiger partial charge in [0.1, 0.15) is 5.69 Å². The van der Waals surface area contributed by atoms with Gasteiger partial charge in [-0.25, -0.2) is 4.79 Å². The molecule has 0 radical (unpaired) electrons. The molecule has 2 aromatic heterocycles. The van der Waals surface area contributed by atoms with Crippen LogP contribution in [0.5, 0.6) is 11.8 Å². The topological polar surface area (TPSA) is 101 Å². The number of aromatic nitrogens is 3. The molecule has 2 aromatic rings. The summed E-state index contributed by atoms with van der Waals surface area (Å²) in [4.78, 5) is 36.0. The van der Waals surface area contributed by atoms with E-state index < -0.39 is 11.8 Å². The van der Waals surface area contributed by atoms with Crippen molar-refractivity contribution in [2.45, 2.75) is 0 Å². The van der Waals surface area contributed by atoms with Crippen LogP contribution in [0.25, 0.3) is 0 Å². The van der Waals surface area contributed by atoms with E-state index in [2.05, 4.69) is 19.7 Å². The molecule has 0 aliphatic carbocycles. The molecule has 8 heteroatoms. The number of ketones is 1. The molecule has 0 N–H and O–H groups in total. The highest BCUT2D eigenvalue weighted by Gasteiger charge is 2.23. The highest BCUT2D eigenvalue weighted by atomic mass is 16.5. The van der Waals surface area contributed by atoms with Gasteiger partial charge < -0.3 is 14.2 Å². The van der Waals surface area contributed by atoms with Crippen molar-refractivity contribution in [1.82, 2.24) is 15.0 Å². The molecule has 0 aliphatic heterocycles. The van der Waals surface area contributed by atoms with Gasteiger partial charge in [0.2, 0.25) is 23.4 Å². The summed E-state index contributed by atoms with van der Waals surface area (Å²) in [5.41, 5.74) is -0.0787. The molecule has 0 saturated carbocycles. The van der Waals surface area contributed by atoms with Crippen molar-refractivity contribution in [3.8, 4) is 11.8 Å². The lowest BCUT2D eigenvalue weighted by Crippen LogP contribution is -2.16. The van der Waals surface area contributed by atoms with Crippen LogP contribution >= 0.6 is 0 Å². The van der Waals surface area contributed by atoms with Crippen molar-refractivity contribution >= 4 is 11.8 Å². The number of rotatable bonds is 5. The van der Waals surface area contributed by atoms with Crippen molar-refractivity contribution in [2.24, 2.45) is 0 Å². The van der Waals surface area contributed by atoms with Crippen LogP contribution in [0.15, 0.2) is 24.4 Å². The van der Waals surface area contributed by atoms with Crippen molar-refractivity contribution < 1.29 is 23.8 Å². The average Bonchev–Trinajstić information content (AvgIpc) is 2.59. The van der Waals surface area contributed by atoms with E-state index in [9.17, 15) is 9.59 Å². The predicted molar refractivity (Wildman–Crippen MR) is 74.1 cm³/mol. The molecule has 2 heterocycles. The smallest absolute Gasteiger partial charge is 0.340 e. The lowest BCUT2D eigenvalue weighted by atomic mass is 10.1. The summed E-state index contributed by atoms with van der Waals surface area (Å²) in [6.45, 7) is 0. The SMILES string of the molecule is COC(=O)c1cccnc1C(=O)c1nc(OC)cc(OC)n1. The molecule has 0 amide bonds. The third-order valence-corrected chi connectivity index (χ3v) is 2.73. The number of carbonyl (C=O) groups is 2. The molecule has 0 aromatic carbocycles. The molecule has 0 aliphatic rings. The molecule has 22 heavy (non-hydrogen) atoms. The van der Waals surface area contributed by atoms with E-state index in [1.54, 1.807) is 0 Å². The van der Waals surface area contributed by atoms with Crippen molar-refractivity contribution in [2.75, 3.05) is 21.3 Å². The molecule has 0 bridgehead atoms. The summed E-state index contributed by atoms with van der Waals surface area (Å²) in [7, 11) is 4.02. The second-order valence-corrected chi connectivity index (χ2v) is 4.00. The number of esters is 1. The standard InChI is InChI=1S/C14H13N3O5/c1-20-9-7-10(21-2)17-13(16-9)12(18)11-8(14(19)22-3)5-4-6-15-11/h4-7H,1-3H3. The highest BCUT2D eigenvalue weighted by molar-refractivity contribution is 6.11. The van der Waals surface area contributed by atoms with E-state index in [-0.39, 0.29) is 28.8 Å². The van der Waals surface area contributed by atoms with Gasteiger partial charge in [0, 0.05) is 6.20 Å².